The zero-order valence-corrected chi connectivity index (χ0v) is 7.62. The van der Waals surface area contributed by atoms with Crippen LogP contribution in [0.4, 0.5) is 5.82 Å². The topological polar surface area (TPSA) is 43.8 Å². The first-order valence-corrected chi connectivity index (χ1v) is 4.51. The largest absolute Gasteiger partial charge is 0.384 e. The summed E-state index contributed by atoms with van der Waals surface area (Å²) >= 11 is 0. The standard InChI is InChI=1S/C9H15N3/c1-3-6-4-7(6)8-5-9(10)12(2)11-8/h5-7H,3-4,10H2,1-2H3. The summed E-state index contributed by atoms with van der Waals surface area (Å²) in [4.78, 5) is 0. The van der Waals surface area contributed by atoms with Crippen molar-refractivity contribution in [2.75, 3.05) is 5.73 Å². The van der Waals surface area contributed by atoms with Crippen molar-refractivity contribution in [3.8, 4) is 0 Å². The van der Waals surface area contributed by atoms with E-state index in [-0.39, 0.29) is 0 Å². The van der Waals surface area contributed by atoms with E-state index in [0.29, 0.717) is 5.92 Å². The van der Waals surface area contributed by atoms with Crippen LogP contribution in [0.25, 0.3) is 0 Å². The molecule has 1 aliphatic carbocycles. The third kappa shape index (κ3) is 1.09. The summed E-state index contributed by atoms with van der Waals surface area (Å²) in [6, 6.07) is 2.00. The molecule has 3 nitrogen and oxygen atoms in total. The van der Waals surface area contributed by atoms with Crippen LogP contribution in [0, 0.1) is 5.92 Å². The average Bonchev–Trinajstić information content (AvgIpc) is 2.75. The van der Waals surface area contributed by atoms with Gasteiger partial charge in [-0.2, -0.15) is 5.10 Å². The lowest BCUT2D eigenvalue weighted by Gasteiger charge is -1.90. The highest BCUT2D eigenvalue weighted by atomic mass is 15.3. The lowest BCUT2D eigenvalue weighted by Crippen LogP contribution is -1.96. The first-order valence-electron chi connectivity index (χ1n) is 4.51. The number of hydrogen-bond acceptors (Lipinski definition) is 2. The second-order valence-electron chi connectivity index (χ2n) is 3.63. The van der Waals surface area contributed by atoms with E-state index in [1.165, 1.54) is 18.5 Å². The maximum absolute atomic E-state index is 5.69. The molecular weight excluding hydrogens is 150 g/mol. The Balaban J connectivity index is 2.15. The van der Waals surface area contributed by atoms with Gasteiger partial charge in [0.25, 0.3) is 0 Å². The van der Waals surface area contributed by atoms with Crippen molar-refractivity contribution in [1.29, 1.82) is 0 Å². The lowest BCUT2D eigenvalue weighted by molar-refractivity contribution is 0.718. The van der Waals surface area contributed by atoms with Gasteiger partial charge in [-0.05, 0) is 12.3 Å². The molecule has 0 amide bonds. The number of nitrogens with zero attached hydrogens (tertiary/aromatic N) is 2. The van der Waals surface area contributed by atoms with Crippen LogP contribution < -0.4 is 5.73 Å². The molecule has 1 aromatic rings. The molecule has 2 N–H and O–H groups in total. The van der Waals surface area contributed by atoms with Crippen LogP contribution in [-0.4, -0.2) is 9.78 Å². The second-order valence-corrected chi connectivity index (χ2v) is 3.63. The van der Waals surface area contributed by atoms with Crippen molar-refractivity contribution < 1.29 is 0 Å². The van der Waals surface area contributed by atoms with Gasteiger partial charge in [-0.1, -0.05) is 13.3 Å². The molecule has 0 aliphatic heterocycles. The molecule has 0 aromatic carbocycles. The molecule has 3 heteroatoms. The van der Waals surface area contributed by atoms with Gasteiger partial charge in [-0.25, -0.2) is 0 Å². The van der Waals surface area contributed by atoms with Crippen LogP contribution in [0.5, 0.6) is 0 Å². The molecule has 12 heavy (non-hydrogen) atoms. The number of hydrogen-bond donors (Lipinski definition) is 1. The smallest absolute Gasteiger partial charge is 0.121 e. The van der Waals surface area contributed by atoms with Crippen molar-refractivity contribution in [3.05, 3.63) is 11.8 Å². The Morgan fingerprint density at radius 2 is 2.50 bits per heavy atom. The zero-order valence-electron chi connectivity index (χ0n) is 7.62. The minimum Gasteiger partial charge on any atom is -0.384 e. The Morgan fingerprint density at radius 1 is 1.75 bits per heavy atom. The average molecular weight is 165 g/mol. The number of nitrogen functional groups attached to an aromatic ring is 1. The fourth-order valence-corrected chi connectivity index (χ4v) is 1.75. The van der Waals surface area contributed by atoms with E-state index in [1.54, 1.807) is 4.68 Å². The molecule has 2 unspecified atom stereocenters. The Morgan fingerprint density at radius 3 is 2.92 bits per heavy atom. The summed E-state index contributed by atoms with van der Waals surface area (Å²) in [5.41, 5.74) is 6.88. The van der Waals surface area contributed by atoms with Crippen LogP contribution in [0.2, 0.25) is 0 Å². The Kier molecular flexibility index (Phi) is 1.60. The molecule has 1 fully saturated rings. The van der Waals surface area contributed by atoms with Gasteiger partial charge in [0, 0.05) is 19.0 Å². The van der Waals surface area contributed by atoms with Crippen LogP contribution >= 0.6 is 0 Å². The van der Waals surface area contributed by atoms with Crippen molar-refractivity contribution in [3.63, 3.8) is 0 Å². The normalized spacial score (nSPS) is 27.5. The lowest BCUT2D eigenvalue weighted by atomic mass is 10.2. The Hall–Kier alpha value is -0.990. The third-order valence-electron chi connectivity index (χ3n) is 2.76. The molecular formula is C9H15N3. The fraction of sp³-hybridized carbons (Fsp3) is 0.667. The maximum Gasteiger partial charge on any atom is 0.121 e. The molecule has 0 bridgehead atoms. The minimum absolute atomic E-state index is 0.693. The van der Waals surface area contributed by atoms with Crippen molar-refractivity contribution in [2.24, 2.45) is 13.0 Å². The molecule has 2 rings (SSSR count). The van der Waals surface area contributed by atoms with Crippen molar-refractivity contribution >= 4 is 5.82 Å². The summed E-state index contributed by atoms with van der Waals surface area (Å²) in [5, 5.41) is 4.36. The van der Waals surface area contributed by atoms with E-state index < -0.39 is 0 Å². The quantitative estimate of drug-likeness (QED) is 0.722. The highest BCUT2D eigenvalue weighted by Gasteiger charge is 2.38. The van der Waals surface area contributed by atoms with Crippen LogP contribution in [0.1, 0.15) is 31.4 Å². The van der Waals surface area contributed by atoms with Crippen molar-refractivity contribution in [2.45, 2.75) is 25.7 Å². The molecule has 66 valence electrons. The highest BCUT2D eigenvalue weighted by Crippen LogP contribution is 2.48. The number of anilines is 1. The predicted octanol–water partition coefficient (Wildman–Crippen LogP) is 1.52. The molecule has 0 spiro atoms. The fourth-order valence-electron chi connectivity index (χ4n) is 1.75. The zero-order chi connectivity index (χ0) is 8.72. The van der Waals surface area contributed by atoms with E-state index in [2.05, 4.69) is 12.0 Å². The maximum atomic E-state index is 5.69. The monoisotopic (exact) mass is 165 g/mol. The summed E-state index contributed by atoms with van der Waals surface area (Å²) in [6.07, 6.45) is 2.56. The Bertz CT molecular complexity index is 270. The predicted molar refractivity (Wildman–Crippen MR) is 48.8 cm³/mol. The van der Waals surface area contributed by atoms with Gasteiger partial charge in [-0.3, -0.25) is 4.68 Å². The number of aromatic nitrogens is 2. The van der Waals surface area contributed by atoms with E-state index >= 15 is 0 Å². The first-order chi connectivity index (χ1) is 5.72. The summed E-state index contributed by atoms with van der Waals surface area (Å²) in [5.74, 6) is 2.32. The minimum atomic E-state index is 0.693. The molecule has 0 radical (unpaired) electrons. The first kappa shape index (κ1) is 7.65. The molecule has 2 atom stereocenters. The SMILES string of the molecule is CCC1CC1c1cc(N)n(C)n1. The van der Waals surface area contributed by atoms with Gasteiger partial charge in [-0.15, -0.1) is 0 Å². The highest BCUT2D eigenvalue weighted by molar-refractivity contribution is 5.34. The molecule has 1 saturated carbocycles. The van der Waals surface area contributed by atoms with E-state index in [0.717, 1.165) is 11.7 Å². The molecule has 0 saturated heterocycles. The van der Waals surface area contributed by atoms with Crippen molar-refractivity contribution in [1.82, 2.24) is 9.78 Å². The Labute approximate surface area is 72.6 Å². The van der Waals surface area contributed by atoms with E-state index in [9.17, 15) is 0 Å². The van der Waals surface area contributed by atoms with Gasteiger partial charge >= 0.3 is 0 Å². The number of nitrogens with two attached hydrogens (primary N) is 1. The molecule has 1 aromatic heterocycles. The van der Waals surface area contributed by atoms with Gasteiger partial charge in [0.2, 0.25) is 0 Å². The summed E-state index contributed by atoms with van der Waals surface area (Å²) < 4.78 is 1.75. The number of aryl methyl sites for hydroxylation is 1. The summed E-state index contributed by atoms with van der Waals surface area (Å²) in [6.45, 7) is 2.23. The van der Waals surface area contributed by atoms with Crippen LogP contribution in [0.15, 0.2) is 6.07 Å². The van der Waals surface area contributed by atoms with Crippen LogP contribution in [-0.2, 0) is 7.05 Å². The van der Waals surface area contributed by atoms with E-state index in [4.69, 9.17) is 5.73 Å². The van der Waals surface area contributed by atoms with E-state index in [1.807, 2.05) is 13.1 Å². The molecule has 1 heterocycles. The number of rotatable bonds is 2. The molecule has 1 aliphatic rings. The van der Waals surface area contributed by atoms with Gasteiger partial charge < -0.3 is 5.73 Å². The summed E-state index contributed by atoms with van der Waals surface area (Å²) in [7, 11) is 1.89. The van der Waals surface area contributed by atoms with Gasteiger partial charge in [0.05, 0.1) is 5.69 Å². The second kappa shape index (κ2) is 2.51. The van der Waals surface area contributed by atoms with Crippen LogP contribution in [0.3, 0.4) is 0 Å². The van der Waals surface area contributed by atoms with Gasteiger partial charge in [0.1, 0.15) is 5.82 Å². The third-order valence-corrected chi connectivity index (χ3v) is 2.76. The van der Waals surface area contributed by atoms with Gasteiger partial charge in [0.15, 0.2) is 0 Å².